The van der Waals surface area contributed by atoms with Gasteiger partial charge in [-0.15, -0.1) is 0 Å². The third-order valence-electron chi connectivity index (χ3n) is 5.35. The minimum Gasteiger partial charge on any atom is -0.319 e. The monoisotopic (exact) mass is 397 g/mol. The number of nitrogens with one attached hydrogen (secondary N) is 1. The lowest BCUT2D eigenvalue weighted by Crippen LogP contribution is -2.42. The Balaban J connectivity index is 1.69. The fourth-order valence-electron chi connectivity index (χ4n) is 3.52. The third-order valence-corrected chi connectivity index (χ3v) is 5.35. The van der Waals surface area contributed by atoms with Gasteiger partial charge < -0.3 is 5.32 Å². The quantitative estimate of drug-likeness (QED) is 0.777. The largest absolute Gasteiger partial charge is 0.326 e. The molecule has 0 unspecified atom stereocenters. The predicted octanol–water partition coefficient (Wildman–Crippen LogP) is 3.98. The van der Waals surface area contributed by atoms with E-state index in [4.69, 9.17) is 0 Å². The van der Waals surface area contributed by atoms with Crippen LogP contribution in [0.15, 0.2) is 48.5 Å². The zero-order valence-corrected chi connectivity index (χ0v) is 17.6. The molecule has 3 rings (SSSR count). The van der Waals surface area contributed by atoms with Crippen molar-refractivity contribution in [3.63, 3.8) is 0 Å². The Bertz CT molecular complexity index is 903. The molecular weight excluding hydrogens is 369 g/mol. The summed E-state index contributed by atoms with van der Waals surface area (Å²) in [6.45, 7) is 8.93. The number of hydrogen-bond donors (Lipinski definition) is 1. The van der Waals surface area contributed by atoms with Crippen LogP contribution in [-0.4, -0.2) is 35.5 Å². The van der Waals surface area contributed by atoms with Crippen LogP contribution in [0.2, 0.25) is 0 Å². The maximum Gasteiger partial charge on any atom is 0.326 e. The molecule has 154 valence electrons. The molecule has 2 aromatic carbocycles. The smallest absolute Gasteiger partial charge is 0.319 e. The molecule has 0 saturated carbocycles. The summed E-state index contributed by atoms with van der Waals surface area (Å²) in [4.78, 5) is 28.6. The number of rotatable bonds is 5. The van der Waals surface area contributed by atoms with Gasteiger partial charge in [0.25, 0.3) is 5.91 Å². The van der Waals surface area contributed by atoms with Crippen LogP contribution >= 0.6 is 0 Å². The number of hydrogen-bond acceptors (Lipinski definition) is 3. The molecule has 29 heavy (non-hydrogen) atoms. The summed E-state index contributed by atoms with van der Waals surface area (Å²) >= 11 is 0. The van der Waals surface area contributed by atoms with E-state index in [9.17, 15) is 14.0 Å². The van der Waals surface area contributed by atoms with E-state index in [0.717, 1.165) is 5.56 Å². The van der Waals surface area contributed by atoms with Crippen molar-refractivity contribution in [1.82, 2.24) is 15.1 Å². The van der Waals surface area contributed by atoms with Crippen molar-refractivity contribution in [2.75, 3.05) is 13.7 Å². The van der Waals surface area contributed by atoms with Gasteiger partial charge in [0.2, 0.25) is 0 Å². The van der Waals surface area contributed by atoms with Gasteiger partial charge in [0, 0.05) is 6.54 Å². The maximum absolute atomic E-state index is 13.2. The first-order valence-corrected chi connectivity index (χ1v) is 9.69. The molecule has 1 atom stereocenters. The van der Waals surface area contributed by atoms with E-state index in [0.29, 0.717) is 12.1 Å². The molecule has 1 aliphatic rings. The summed E-state index contributed by atoms with van der Waals surface area (Å²) in [7, 11) is 1.87. The number of halogens is 1. The average Bonchev–Trinajstić information content (AvgIpc) is 2.86. The second-order valence-electron chi connectivity index (χ2n) is 8.90. The molecule has 1 N–H and O–H groups in total. The van der Waals surface area contributed by atoms with Crippen molar-refractivity contribution >= 4 is 11.9 Å². The summed E-state index contributed by atoms with van der Waals surface area (Å²) in [5, 5.41) is 2.75. The van der Waals surface area contributed by atoms with E-state index in [-0.39, 0.29) is 23.8 Å². The molecule has 0 aliphatic carbocycles. The number of amides is 3. The molecule has 3 amide bonds. The van der Waals surface area contributed by atoms with Crippen LogP contribution in [0.1, 0.15) is 44.4 Å². The van der Waals surface area contributed by atoms with Gasteiger partial charge in [-0.2, -0.15) is 0 Å². The van der Waals surface area contributed by atoms with Crippen molar-refractivity contribution in [3.05, 3.63) is 71.0 Å². The topological polar surface area (TPSA) is 52.6 Å². The van der Waals surface area contributed by atoms with Crippen molar-refractivity contribution in [3.8, 4) is 0 Å². The van der Waals surface area contributed by atoms with Crippen molar-refractivity contribution < 1.29 is 14.0 Å². The van der Waals surface area contributed by atoms with Gasteiger partial charge in [-0.05, 0) is 48.2 Å². The molecule has 6 heteroatoms. The van der Waals surface area contributed by atoms with Crippen molar-refractivity contribution in [2.45, 2.75) is 45.2 Å². The number of nitrogens with zero attached hydrogens (tertiary/aromatic N) is 2. The number of imide groups is 1. The Hall–Kier alpha value is -2.73. The van der Waals surface area contributed by atoms with Gasteiger partial charge in [0.1, 0.15) is 11.4 Å². The fourth-order valence-corrected chi connectivity index (χ4v) is 3.52. The van der Waals surface area contributed by atoms with Gasteiger partial charge in [0.15, 0.2) is 0 Å². The molecule has 0 spiro atoms. The third kappa shape index (κ3) is 4.32. The molecule has 1 aliphatic heterocycles. The highest BCUT2D eigenvalue weighted by atomic mass is 19.1. The predicted molar refractivity (Wildman–Crippen MR) is 111 cm³/mol. The summed E-state index contributed by atoms with van der Waals surface area (Å²) in [6.07, 6.45) is 0. The van der Waals surface area contributed by atoms with Crippen LogP contribution in [0, 0.1) is 5.82 Å². The standard InChI is InChI=1S/C23H28FN3O2/c1-22(2,3)17-8-6-16(7-9-17)14-26(5)15-27-20(28)23(4,25-21(27)29)18-10-12-19(24)13-11-18/h6-13H,14-15H2,1-5H3,(H,25,29)/t23-/m0/s1. The molecular formula is C23H28FN3O2. The maximum atomic E-state index is 13.2. The number of carbonyl (C=O) groups excluding carboxylic acids is 2. The highest BCUT2D eigenvalue weighted by Gasteiger charge is 2.49. The second-order valence-corrected chi connectivity index (χ2v) is 8.90. The summed E-state index contributed by atoms with van der Waals surface area (Å²) < 4.78 is 13.2. The Morgan fingerprint density at radius 3 is 2.17 bits per heavy atom. The minimum atomic E-state index is -1.19. The van der Waals surface area contributed by atoms with E-state index in [1.165, 1.54) is 34.7 Å². The Morgan fingerprint density at radius 2 is 1.62 bits per heavy atom. The van der Waals surface area contributed by atoms with E-state index in [1.807, 2.05) is 11.9 Å². The van der Waals surface area contributed by atoms with Gasteiger partial charge in [-0.25, -0.2) is 14.1 Å². The fraction of sp³-hybridized carbons (Fsp3) is 0.391. The molecule has 0 bridgehead atoms. The SMILES string of the molecule is CN(Cc1ccc(C(C)(C)C)cc1)CN1C(=O)N[C@@](C)(c2ccc(F)cc2)C1=O. The molecule has 2 aromatic rings. The molecule has 5 nitrogen and oxygen atoms in total. The first kappa shape index (κ1) is 21.0. The Labute approximate surface area is 171 Å². The highest BCUT2D eigenvalue weighted by Crippen LogP contribution is 2.29. The summed E-state index contributed by atoms with van der Waals surface area (Å²) in [5.41, 5.74) is 1.82. The number of benzene rings is 2. The van der Waals surface area contributed by atoms with Crippen LogP contribution in [0.25, 0.3) is 0 Å². The van der Waals surface area contributed by atoms with E-state index in [1.54, 1.807) is 6.92 Å². The van der Waals surface area contributed by atoms with Crippen LogP contribution in [0.4, 0.5) is 9.18 Å². The van der Waals surface area contributed by atoms with E-state index < -0.39 is 11.6 Å². The lowest BCUT2D eigenvalue weighted by molar-refractivity contribution is -0.132. The summed E-state index contributed by atoms with van der Waals surface area (Å²) in [5.74, 6) is -0.729. The van der Waals surface area contributed by atoms with Crippen molar-refractivity contribution in [1.29, 1.82) is 0 Å². The molecule has 1 saturated heterocycles. The van der Waals surface area contributed by atoms with Crippen molar-refractivity contribution in [2.24, 2.45) is 0 Å². The number of urea groups is 1. The Morgan fingerprint density at radius 1 is 1.03 bits per heavy atom. The molecule has 0 aromatic heterocycles. The first-order valence-electron chi connectivity index (χ1n) is 9.69. The average molecular weight is 397 g/mol. The van der Waals surface area contributed by atoms with E-state index >= 15 is 0 Å². The zero-order valence-electron chi connectivity index (χ0n) is 17.6. The number of carbonyl (C=O) groups is 2. The molecule has 1 fully saturated rings. The molecule has 0 radical (unpaired) electrons. The summed E-state index contributed by atoms with van der Waals surface area (Å²) in [6, 6.07) is 13.6. The van der Waals surface area contributed by atoms with Crippen LogP contribution in [0.5, 0.6) is 0 Å². The first-order chi connectivity index (χ1) is 13.5. The highest BCUT2D eigenvalue weighted by molar-refractivity contribution is 6.07. The van der Waals surface area contributed by atoms with Gasteiger partial charge in [0.05, 0.1) is 6.67 Å². The Kier molecular flexibility index (Phi) is 5.50. The van der Waals surface area contributed by atoms with Crippen LogP contribution < -0.4 is 5.32 Å². The minimum absolute atomic E-state index is 0.0926. The van der Waals surface area contributed by atoms with Crippen LogP contribution in [0.3, 0.4) is 0 Å². The van der Waals surface area contributed by atoms with Gasteiger partial charge in [-0.1, -0.05) is 57.2 Å². The molecule has 1 heterocycles. The lowest BCUT2D eigenvalue weighted by Gasteiger charge is -2.25. The lowest BCUT2D eigenvalue weighted by atomic mass is 9.87. The zero-order chi connectivity index (χ0) is 21.4. The van der Waals surface area contributed by atoms with Crippen LogP contribution in [-0.2, 0) is 22.3 Å². The van der Waals surface area contributed by atoms with E-state index in [2.05, 4.69) is 50.4 Å². The normalized spacial score (nSPS) is 19.8. The van der Waals surface area contributed by atoms with Gasteiger partial charge in [-0.3, -0.25) is 9.69 Å². The van der Waals surface area contributed by atoms with Gasteiger partial charge >= 0.3 is 6.03 Å². The second kappa shape index (κ2) is 7.59.